The van der Waals surface area contributed by atoms with Gasteiger partial charge in [0, 0.05) is 23.6 Å². The van der Waals surface area contributed by atoms with Gasteiger partial charge in [-0.25, -0.2) is 9.97 Å². The molecular formula is C16H19N3OS. The zero-order chi connectivity index (χ0) is 15.2. The molecule has 21 heavy (non-hydrogen) atoms. The minimum Gasteiger partial charge on any atom is -0.326 e. The molecule has 5 heteroatoms. The maximum atomic E-state index is 12.0. The number of thioether (sulfide) groups is 1. The first-order valence-corrected chi connectivity index (χ1v) is 7.82. The number of hydrogen-bond acceptors (Lipinski definition) is 4. The molecule has 0 fully saturated rings. The van der Waals surface area contributed by atoms with Crippen molar-refractivity contribution in [3.8, 4) is 0 Å². The average Bonchev–Trinajstić information content (AvgIpc) is 2.43. The van der Waals surface area contributed by atoms with E-state index >= 15 is 0 Å². The first-order chi connectivity index (χ1) is 10.1. The molecule has 0 aliphatic rings. The summed E-state index contributed by atoms with van der Waals surface area (Å²) < 4.78 is 0. The third kappa shape index (κ3) is 4.56. The lowest BCUT2D eigenvalue weighted by Crippen LogP contribution is -2.14. The molecule has 0 aliphatic carbocycles. The maximum Gasteiger partial charge on any atom is 0.225 e. The molecule has 1 aromatic heterocycles. The van der Waals surface area contributed by atoms with Crippen LogP contribution in [0.15, 0.2) is 35.6 Å². The highest BCUT2D eigenvalue weighted by Crippen LogP contribution is 2.20. The Hall–Kier alpha value is -1.88. The number of anilines is 1. The van der Waals surface area contributed by atoms with Crippen molar-refractivity contribution in [2.24, 2.45) is 0 Å². The van der Waals surface area contributed by atoms with Crippen LogP contribution in [0.25, 0.3) is 0 Å². The third-order valence-corrected chi connectivity index (χ3v) is 4.03. The quantitative estimate of drug-likeness (QED) is 0.678. The summed E-state index contributed by atoms with van der Waals surface area (Å²) in [5, 5.41) is 3.90. The number of rotatable bonds is 5. The minimum absolute atomic E-state index is 0.0330. The fourth-order valence-electron chi connectivity index (χ4n) is 1.97. The normalized spacial score (nSPS) is 10.4. The van der Waals surface area contributed by atoms with Gasteiger partial charge in [0.2, 0.25) is 5.91 Å². The van der Waals surface area contributed by atoms with Crippen molar-refractivity contribution in [3.63, 3.8) is 0 Å². The van der Waals surface area contributed by atoms with Crippen molar-refractivity contribution in [1.82, 2.24) is 9.97 Å². The summed E-state index contributed by atoms with van der Waals surface area (Å²) in [6.07, 6.45) is 2.01. The van der Waals surface area contributed by atoms with E-state index in [1.165, 1.54) is 0 Å². The largest absolute Gasteiger partial charge is 0.326 e. The zero-order valence-electron chi connectivity index (χ0n) is 12.5. The lowest BCUT2D eigenvalue weighted by molar-refractivity contribution is -0.115. The lowest BCUT2D eigenvalue weighted by Gasteiger charge is -2.11. The van der Waals surface area contributed by atoms with E-state index < -0.39 is 0 Å². The number of carbonyl (C=O) groups is 1. The summed E-state index contributed by atoms with van der Waals surface area (Å²) in [7, 11) is 0. The topological polar surface area (TPSA) is 54.9 Å². The molecule has 0 radical (unpaired) electrons. The molecule has 0 spiro atoms. The molecule has 0 atom stereocenters. The number of benzene rings is 1. The van der Waals surface area contributed by atoms with Crippen molar-refractivity contribution in [2.75, 3.05) is 11.1 Å². The Morgan fingerprint density at radius 3 is 2.57 bits per heavy atom. The van der Waals surface area contributed by atoms with Gasteiger partial charge >= 0.3 is 0 Å². The molecule has 2 rings (SSSR count). The Morgan fingerprint density at radius 2 is 1.90 bits per heavy atom. The summed E-state index contributed by atoms with van der Waals surface area (Å²) in [6, 6.07) is 7.92. The molecule has 0 saturated heterocycles. The van der Waals surface area contributed by atoms with E-state index in [1.54, 1.807) is 18.1 Å². The number of aryl methyl sites for hydroxylation is 3. The Kier molecular flexibility index (Phi) is 5.33. The van der Waals surface area contributed by atoms with Gasteiger partial charge in [0.05, 0.1) is 5.03 Å². The van der Waals surface area contributed by atoms with Crippen LogP contribution in [0.5, 0.6) is 0 Å². The van der Waals surface area contributed by atoms with E-state index in [4.69, 9.17) is 0 Å². The number of amides is 1. The van der Waals surface area contributed by atoms with Crippen LogP contribution in [0, 0.1) is 20.8 Å². The number of hydrogen-bond donors (Lipinski definition) is 1. The van der Waals surface area contributed by atoms with E-state index in [-0.39, 0.29) is 5.91 Å². The van der Waals surface area contributed by atoms with Crippen LogP contribution in [-0.4, -0.2) is 21.6 Å². The first-order valence-electron chi connectivity index (χ1n) is 6.84. The van der Waals surface area contributed by atoms with E-state index in [1.807, 2.05) is 45.0 Å². The monoisotopic (exact) mass is 301 g/mol. The molecule has 110 valence electrons. The Balaban J connectivity index is 1.85. The molecule has 0 unspecified atom stereocenters. The van der Waals surface area contributed by atoms with Crippen LogP contribution in [0.4, 0.5) is 5.69 Å². The smallest absolute Gasteiger partial charge is 0.225 e. The molecule has 0 saturated carbocycles. The van der Waals surface area contributed by atoms with Gasteiger partial charge in [-0.05, 0) is 38.0 Å². The van der Waals surface area contributed by atoms with Gasteiger partial charge in [0.15, 0.2) is 0 Å². The Labute approximate surface area is 129 Å². The second-order valence-electron chi connectivity index (χ2n) is 4.91. The van der Waals surface area contributed by atoms with Crippen LogP contribution in [0.3, 0.4) is 0 Å². The molecule has 1 amide bonds. The molecule has 0 bridgehead atoms. The second kappa shape index (κ2) is 7.22. The standard InChI is InChI=1S/C16H19N3OS/c1-11-5-4-6-12(2)16(11)19-14(20)7-8-21-15-9-13(3)17-10-18-15/h4-6,9-10H,7-8H2,1-3H3,(H,19,20). The third-order valence-electron chi connectivity index (χ3n) is 3.10. The fraction of sp³-hybridized carbons (Fsp3) is 0.312. The van der Waals surface area contributed by atoms with Crippen LogP contribution in [0.1, 0.15) is 23.2 Å². The molecule has 1 aromatic carbocycles. The van der Waals surface area contributed by atoms with Gasteiger partial charge in [-0.15, -0.1) is 11.8 Å². The van der Waals surface area contributed by atoms with Crippen LogP contribution in [0.2, 0.25) is 0 Å². The highest BCUT2D eigenvalue weighted by Gasteiger charge is 2.07. The second-order valence-corrected chi connectivity index (χ2v) is 6.03. The van der Waals surface area contributed by atoms with Crippen molar-refractivity contribution in [1.29, 1.82) is 0 Å². The van der Waals surface area contributed by atoms with E-state index in [2.05, 4.69) is 15.3 Å². The van der Waals surface area contributed by atoms with Gasteiger partial charge in [-0.3, -0.25) is 4.79 Å². The van der Waals surface area contributed by atoms with Gasteiger partial charge in [0.25, 0.3) is 0 Å². The molecule has 1 heterocycles. The summed E-state index contributed by atoms with van der Waals surface area (Å²) in [5.41, 5.74) is 4.03. The van der Waals surface area contributed by atoms with E-state index in [0.29, 0.717) is 12.2 Å². The fourth-order valence-corrected chi connectivity index (χ4v) is 2.84. The van der Waals surface area contributed by atoms with Gasteiger partial charge < -0.3 is 5.32 Å². The summed E-state index contributed by atoms with van der Waals surface area (Å²) in [5.74, 6) is 0.735. The maximum absolute atomic E-state index is 12.0. The van der Waals surface area contributed by atoms with E-state index in [0.717, 1.165) is 27.5 Å². The minimum atomic E-state index is 0.0330. The Bertz CT molecular complexity index is 623. The number of carbonyl (C=O) groups excluding carboxylic acids is 1. The van der Waals surface area contributed by atoms with Crippen molar-refractivity contribution >= 4 is 23.4 Å². The number of nitrogens with zero attached hydrogens (tertiary/aromatic N) is 2. The predicted octanol–water partition coefficient (Wildman–Crippen LogP) is 3.52. The molecule has 0 aliphatic heterocycles. The van der Waals surface area contributed by atoms with E-state index in [9.17, 15) is 4.79 Å². The zero-order valence-corrected chi connectivity index (χ0v) is 13.3. The van der Waals surface area contributed by atoms with Gasteiger partial charge in [-0.2, -0.15) is 0 Å². The number of nitrogens with one attached hydrogen (secondary N) is 1. The van der Waals surface area contributed by atoms with Crippen LogP contribution >= 0.6 is 11.8 Å². The van der Waals surface area contributed by atoms with Crippen molar-refractivity contribution in [2.45, 2.75) is 32.2 Å². The molecule has 2 aromatic rings. The molecule has 4 nitrogen and oxygen atoms in total. The summed E-state index contributed by atoms with van der Waals surface area (Å²) >= 11 is 1.57. The van der Waals surface area contributed by atoms with Gasteiger partial charge in [0.1, 0.15) is 6.33 Å². The van der Waals surface area contributed by atoms with Gasteiger partial charge in [-0.1, -0.05) is 18.2 Å². The molecular weight excluding hydrogens is 282 g/mol. The summed E-state index contributed by atoms with van der Waals surface area (Å²) in [4.78, 5) is 20.2. The highest BCUT2D eigenvalue weighted by atomic mass is 32.2. The van der Waals surface area contributed by atoms with Crippen molar-refractivity contribution < 1.29 is 4.79 Å². The molecule has 1 N–H and O–H groups in total. The Morgan fingerprint density at radius 1 is 1.19 bits per heavy atom. The highest BCUT2D eigenvalue weighted by molar-refractivity contribution is 7.99. The number of para-hydroxylation sites is 1. The van der Waals surface area contributed by atoms with Crippen LogP contribution in [-0.2, 0) is 4.79 Å². The lowest BCUT2D eigenvalue weighted by atomic mass is 10.1. The average molecular weight is 301 g/mol. The summed E-state index contributed by atoms with van der Waals surface area (Å²) in [6.45, 7) is 5.93. The number of aromatic nitrogens is 2. The SMILES string of the molecule is Cc1cc(SCCC(=O)Nc2c(C)cccc2C)ncn1. The van der Waals surface area contributed by atoms with Crippen LogP contribution < -0.4 is 5.32 Å². The predicted molar refractivity (Wildman–Crippen MR) is 86.7 cm³/mol. The first kappa shape index (κ1) is 15.5. The van der Waals surface area contributed by atoms with Crippen molar-refractivity contribution in [3.05, 3.63) is 47.4 Å².